The molecule has 1 fully saturated rings. The highest BCUT2D eigenvalue weighted by Gasteiger charge is 2.37. The maximum absolute atomic E-state index is 13.8. The molecule has 0 radical (unpaired) electrons. The summed E-state index contributed by atoms with van der Waals surface area (Å²) in [6.45, 7) is 0.108. The fourth-order valence-corrected chi connectivity index (χ4v) is 4.76. The predicted molar refractivity (Wildman–Crippen MR) is 146 cm³/mol. The zero-order valence-electron chi connectivity index (χ0n) is 21.5. The Morgan fingerprint density at radius 1 is 1.13 bits per heavy atom. The predicted octanol–water partition coefficient (Wildman–Crippen LogP) is 6.11. The number of hydrogen-bond acceptors (Lipinski definition) is 6. The van der Waals surface area contributed by atoms with E-state index in [0.717, 1.165) is 22.0 Å². The standard InChI is InChI=1S/C30H34BrFO6/c1-36-30(35)15-5-3-2-4-11-23-24(17-16-22(33)20-38-28-14-9-8-13-26(28)32)29(18-27(23)34)37-19-21-10-6-7-12-25(21)31/h2,4,6-10,12-14,17,23,27,29,34H,3,5,11,15-16,18-20H2,1H3/t23-,27+,29-/m1/s1. The van der Waals surface area contributed by atoms with Crippen molar-refractivity contribution in [1.29, 1.82) is 0 Å². The average Bonchev–Trinajstić information content (AvgIpc) is 3.21. The number of esters is 1. The molecule has 6 nitrogen and oxygen atoms in total. The van der Waals surface area contributed by atoms with Gasteiger partial charge < -0.3 is 19.3 Å². The molecule has 0 aromatic heterocycles. The molecule has 1 aliphatic carbocycles. The number of allylic oxidation sites excluding steroid dienone is 3. The number of aliphatic hydroxyl groups is 1. The molecule has 0 amide bonds. The minimum absolute atomic E-state index is 0.0367. The number of rotatable bonds is 14. The minimum Gasteiger partial charge on any atom is -0.483 e. The largest absolute Gasteiger partial charge is 0.483 e. The minimum atomic E-state index is -0.616. The fourth-order valence-electron chi connectivity index (χ4n) is 4.36. The summed E-state index contributed by atoms with van der Waals surface area (Å²) in [4.78, 5) is 23.8. The van der Waals surface area contributed by atoms with Gasteiger partial charge in [-0.3, -0.25) is 9.59 Å². The molecular formula is C30H34BrFO6. The molecule has 0 unspecified atom stereocenters. The number of halogens is 2. The Bertz CT molecular complexity index is 1130. The molecule has 0 aliphatic heterocycles. The Morgan fingerprint density at radius 2 is 1.89 bits per heavy atom. The van der Waals surface area contributed by atoms with Gasteiger partial charge >= 0.3 is 5.97 Å². The number of ketones is 1. The van der Waals surface area contributed by atoms with Gasteiger partial charge in [-0.1, -0.05) is 64.5 Å². The maximum Gasteiger partial charge on any atom is 0.305 e. The molecule has 0 heterocycles. The van der Waals surface area contributed by atoms with Crippen LogP contribution in [0.1, 0.15) is 44.1 Å². The fraction of sp³-hybridized carbons (Fsp3) is 0.400. The van der Waals surface area contributed by atoms with Crippen molar-refractivity contribution in [2.45, 2.75) is 57.3 Å². The number of para-hydroxylation sites is 1. The van der Waals surface area contributed by atoms with E-state index in [1.165, 1.54) is 19.2 Å². The van der Waals surface area contributed by atoms with Crippen LogP contribution in [-0.2, 0) is 25.7 Å². The van der Waals surface area contributed by atoms with Gasteiger partial charge in [0.2, 0.25) is 0 Å². The van der Waals surface area contributed by atoms with Gasteiger partial charge in [0.15, 0.2) is 17.3 Å². The Hall–Kier alpha value is -2.81. The van der Waals surface area contributed by atoms with E-state index in [0.29, 0.717) is 32.3 Å². The lowest BCUT2D eigenvalue weighted by Crippen LogP contribution is -2.16. The lowest BCUT2D eigenvalue weighted by molar-refractivity contribution is -0.140. The van der Waals surface area contributed by atoms with Crippen LogP contribution in [0, 0.1) is 11.7 Å². The first kappa shape index (κ1) is 29.7. The number of Topliss-reactive ketones (excluding diaryl/α,β-unsaturated/α-hetero) is 1. The summed E-state index contributed by atoms with van der Waals surface area (Å²) >= 11 is 3.54. The first-order valence-electron chi connectivity index (χ1n) is 12.7. The van der Waals surface area contributed by atoms with Crippen molar-refractivity contribution in [2.24, 2.45) is 5.92 Å². The number of benzene rings is 2. The Labute approximate surface area is 231 Å². The van der Waals surface area contributed by atoms with Crippen molar-refractivity contribution in [3.05, 3.63) is 88.2 Å². The van der Waals surface area contributed by atoms with Crippen LogP contribution in [0.3, 0.4) is 0 Å². The number of carbonyl (C=O) groups excluding carboxylic acids is 2. The van der Waals surface area contributed by atoms with Crippen LogP contribution in [0.4, 0.5) is 4.39 Å². The van der Waals surface area contributed by atoms with Crippen molar-refractivity contribution in [3.8, 4) is 5.75 Å². The summed E-state index contributed by atoms with van der Waals surface area (Å²) in [7, 11) is 1.37. The van der Waals surface area contributed by atoms with Gasteiger partial charge in [-0.25, -0.2) is 4.39 Å². The monoisotopic (exact) mass is 588 g/mol. The van der Waals surface area contributed by atoms with E-state index in [2.05, 4.69) is 20.7 Å². The Balaban J connectivity index is 1.64. The van der Waals surface area contributed by atoms with Crippen LogP contribution in [0.2, 0.25) is 0 Å². The highest BCUT2D eigenvalue weighted by molar-refractivity contribution is 9.10. The molecule has 38 heavy (non-hydrogen) atoms. The number of carbonyl (C=O) groups is 2. The summed E-state index contributed by atoms with van der Waals surface area (Å²) in [5, 5.41) is 10.9. The smallest absolute Gasteiger partial charge is 0.305 e. The molecular weight excluding hydrogens is 555 g/mol. The van der Waals surface area contributed by atoms with E-state index >= 15 is 0 Å². The topological polar surface area (TPSA) is 82.1 Å². The van der Waals surface area contributed by atoms with Crippen LogP contribution in [0.15, 0.2) is 76.8 Å². The number of methoxy groups -OCH3 is 1. The van der Waals surface area contributed by atoms with Crippen molar-refractivity contribution in [3.63, 3.8) is 0 Å². The van der Waals surface area contributed by atoms with E-state index in [9.17, 15) is 19.1 Å². The summed E-state index contributed by atoms with van der Waals surface area (Å²) in [5.41, 5.74) is 1.87. The van der Waals surface area contributed by atoms with Crippen LogP contribution in [0.25, 0.3) is 0 Å². The van der Waals surface area contributed by atoms with Crippen LogP contribution in [0.5, 0.6) is 5.75 Å². The van der Waals surface area contributed by atoms with Crippen molar-refractivity contribution >= 4 is 27.7 Å². The number of ether oxygens (including phenoxy) is 3. The molecule has 2 aromatic carbocycles. The van der Waals surface area contributed by atoms with E-state index in [-0.39, 0.29) is 42.6 Å². The number of unbranched alkanes of at least 4 members (excludes halogenated alkanes) is 1. The lowest BCUT2D eigenvalue weighted by Gasteiger charge is -2.18. The zero-order valence-corrected chi connectivity index (χ0v) is 23.1. The molecule has 1 N–H and O–H groups in total. The molecule has 3 rings (SSSR count). The van der Waals surface area contributed by atoms with Gasteiger partial charge in [0.05, 0.1) is 25.9 Å². The summed E-state index contributed by atoms with van der Waals surface area (Å²) in [6.07, 6.45) is 7.74. The molecule has 1 aliphatic rings. The zero-order chi connectivity index (χ0) is 27.3. The summed E-state index contributed by atoms with van der Waals surface area (Å²) in [5.74, 6) is -1.12. The maximum atomic E-state index is 13.8. The second kappa shape index (κ2) is 15.6. The van der Waals surface area contributed by atoms with Gasteiger partial charge in [-0.2, -0.15) is 0 Å². The van der Waals surface area contributed by atoms with E-state index in [4.69, 9.17) is 9.47 Å². The van der Waals surface area contributed by atoms with Crippen LogP contribution in [-0.4, -0.2) is 42.8 Å². The molecule has 204 valence electrons. The Kier molecular flexibility index (Phi) is 12.2. The van der Waals surface area contributed by atoms with Crippen molar-refractivity contribution < 1.29 is 33.3 Å². The Morgan fingerprint density at radius 3 is 2.66 bits per heavy atom. The van der Waals surface area contributed by atoms with E-state index in [1.54, 1.807) is 12.1 Å². The molecule has 0 spiro atoms. The van der Waals surface area contributed by atoms with Gasteiger partial charge in [0.1, 0.15) is 6.61 Å². The summed E-state index contributed by atoms with van der Waals surface area (Å²) in [6, 6.07) is 13.7. The molecule has 0 saturated heterocycles. The molecule has 3 atom stereocenters. The third kappa shape index (κ3) is 9.19. The lowest BCUT2D eigenvalue weighted by atomic mass is 9.94. The van der Waals surface area contributed by atoms with Gasteiger partial charge in [0.25, 0.3) is 0 Å². The quantitative estimate of drug-likeness (QED) is 0.163. The van der Waals surface area contributed by atoms with Crippen molar-refractivity contribution in [2.75, 3.05) is 13.7 Å². The van der Waals surface area contributed by atoms with E-state index in [1.807, 2.05) is 42.5 Å². The number of aliphatic hydroxyl groups excluding tert-OH is 1. The second-order valence-electron chi connectivity index (χ2n) is 9.14. The van der Waals surface area contributed by atoms with Gasteiger partial charge in [-0.15, -0.1) is 0 Å². The molecule has 2 aromatic rings. The third-order valence-corrected chi connectivity index (χ3v) is 7.22. The first-order valence-corrected chi connectivity index (χ1v) is 13.5. The molecule has 1 saturated carbocycles. The summed E-state index contributed by atoms with van der Waals surface area (Å²) < 4.78 is 31.0. The number of hydrogen-bond donors (Lipinski definition) is 1. The normalized spacial score (nSPS) is 20.2. The van der Waals surface area contributed by atoms with Gasteiger partial charge in [-0.05, 0) is 48.6 Å². The van der Waals surface area contributed by atoms with Gasteiger partial charge in [0, 0.05) is 29.7 Å². The highest BCUT2D eigenvalue weighted by Crippen LogP contribution is 2.37. The molecule has 0 bridgehead atoms. The van der Waals surface area contributed by atoms with Crippen LogP contribution < -0.4 is 4.74 Å². The highest BCUT2D eigenvalue weighted by atomic mass is 79.9. The first-order chi connectivity index (χ1) is 18.4. The third-order valence-electron chi connectivity index (χ3n) is 6.44. The van der Waals surface area contributed by atoms with Crippen molar-refractivity contribution in [1.82, 2.24) is 0 Å². The van der Waals surface area contributed by atoms with Crippen LogP contribution >= 0.6 is 15.9 Å². The van der Waals surface area contributed by atoms with E-state index < -0.39 is 11.9 Å². The molecule has 8 heteroatoms. The SMILES string of the molecule is COC(=O)CCCC=CC[C@@H]1C(=CCC(=O)COc2ccccc2F)[C@H](OCc2ccccc2Br)C[C@@H]1O. The second-order valence-corrected chi connectivity index (χ2v) is 10.00. The average molecular weight is 589 g/mol.